The van der Waals surface area contributed by atoms with Crippen LogP contribution in [-0.4, -0.2) is 22.0 Å². The molecular weight excluding hydrogens is 434 g/mol. The maximum absolute atomic E-state index is 12.3. The molecule has 160 valence electrons. The molecule has 0 atom stereocenters. The van der Waals surface area contributed by atoms with Gasteiger partial charge in [0.25, 0.3) is 5.69 Å². The SMILES string of the molecule is O=C(Nc1cccc2c(OCc3nccs3)cccc12)OC(=O)c1ccc([N+](=O)[O-])cc1. The fourth-order valence-electron chi connectivity index (χ4n) is 2.98. The van der Waals surface area contributed by atoms with Crippen molar-refractivity contribution in [3.05, 3.63) is 92.9 Å². The van der Waals surface area contributed by atoms with Crippen LogP contribution in [0.4, 0.5) is 16.2 Å². The zero-order valence-corrected chi connectivity index (χ0v) is 17.2. The number of hydrogen-bond acceptors (Lipinski definition) is 8. The van der Waals surface area contributed by atoms with Gasteiger partial charge in [0.1, 0.15) is 17.4 Å². The van der Waals surface area contributed by atoms with Crippen LogP contribution in [0.5, 0.6) is 5.75 Å². The molecule has 1 amide bonds. The van der Waals surface area contributed by atoms with E-state index < -0.39 is 17.0 Å². The summed E-state index contributed by atoms with van der Waals surface area (Å²) in [5, 5.41) is 17.4. The highest BCUT2D eigenvalue weighted by atomic mass is 32.1. The van der Waals surface area contributed by atoms with Crippen molar-refractivity contribution in [2.45, 2.75) is 6.61 Å². The molecule has 0 aliphatic carbocycles. The summed E-state index contributed by atoms with van der Waals surface area (Å²) >= 11 is 1.49. The van der Waals surface area contributed by atoms with E-state index in [9.17, 15) is 19.7 Å². The summed E-state index contributed by atoms with van der Waals surface area (Å²) < 4.78 is 10.7. The van der Waals surface area contributed by atoms with Gasteiger partial charge in [-0.1, -0.05) is 24.3 Å². The van der Waals surface area contributed by atoms with Gasteiger partial charge in [-0.2, -0.15) is 0 Å². The third-order valence-corrected chi connectivity index (χ3v) is 5.21. The monoisotopic (exact) mass is 449 g/mol. The van der Waals surface area contributed by atoms with E-state index in [-0.39, 0.29) is 11.3 Å². The largest absolute Gasteiger partial charge is 0.486 e. The Morgan fingerprint density at radius 3 is 2.50 bits per heavy atom. The summed E-state index contributed by atoms with van der Waals surface area (Å²) in [5.74, 6) is -0.304. The molecule has 0 spiro atoms. The molecule has 1 N–H and O–H groups in total. The number of thiazole rings is 1. The molecule has 1 aromatic heterocycles. The minimum atomic E-state index is -0.977. The number of fused-ring (bicyclic) bond motifs is 1. The van der Waals surface area contributed by atoms with E-state index in [2.05, 4.69) is 10.3 Å². The number of benzene rings is 3. The molecular formula is C22H15N3O6S. The minimum Gasteiger partial charge on any atom is -0.486 e. The standard InChI is InChI=1S/C22H15N3O6S/c26-21(14-7-9-15(10-8-14)25(28)29)31-22(27)24-18-5-1-4-17-16(18)3-2-6-19(17)30-13-20-23-11-12-32-20/h1-12H,13H2,(H,24,27). The second-order valence-electron chi connectivity index (χ2n) is 6.48. The fraction of sp³-hybridized carbons (Fsp3) is 0.0455. The lowest BCUT2D eigenvalue weighted by molar-refractivity contribution is -0.384. The van der Waals surface area contributed by atoms with E-state index in [1.165, 1.54) is 23.5 Å². The number of nitrogens with zero attached hydrogens (tertiary/aromatic N) is 2. The van der Waals surface area contributed by atoms with Crippen molar-refractivity contribution in [1.82, 2.24) is 4.98 Å². The van der Waals surface area contributed by atoms with E-state index in [0.717, 1.165) is 22.5 Å². The number of ether oxygens (including phenoxy) is 2. The summed E-state index contributed by atoms with van der Waals surface area (Å²) in [6, 6.07) is 15.4. The number of aromatic nitrogens is 1. The Kier molecular flexibility index (Phi) is 6.04. The van der Waals surface area contributed by atoms with E-state index in [4.69, 9.17) is 9.47 Å². The van der Waals surface area contributed by atoms with Crippen LogP contribution >= 0.6 is 11.3 Å². The molecule has 0 radical (unpaired) electrons. The van der Waals surface area contributed by atoms with Gasteiger partial charge in [0, 0.05) is 34.5 Å². The number of nitro groups is 1. The Bertz CT molecular complexity index is 1290. The number of esters is 1. The number of non-ortho nitro benzene ring substituents is 1. The number of nitro benzene ring substituents is 1. The molecule has 0 unspecified atom stereocenters. The number of rotatable bonds is 6. The van der Waals surface area contributed by atoms with Crippen molar-refractivity contribution >= 4 is 45.5 Å². The molecule has 9 nitrogen and oxygen atoms in total. The molecule has 0 aliphatic heterocycles. The topological polar surface area (TPSA) is 121 Å². The first kappa shape index (κ1) is 20.9. The van der Waals surface area contributed by atoms with Gasteiger partial charge in [-0.15, -0.1) is 11.3 Å². The number of carbonyl (C=O) groups excluding carboxylic acids is 2. The van der Waals surface area contributed by atoms with Crippen molar-refractivity contribution in [3.8, 4) is 5.75 Å². The molecule has 3 aromatic carbocycles. The predicted molar refractivity (Wildman–Crippen MR) is 118 cm³/mol. The zero-order valence-electron chi connectivity index (χ0n) is 16.4. The number of anilines is 1. The van der Waals surface area contributed by atoms with Crippen LogP contribution in [0.2, 0.25) is 0 Å². The van der Waals surface area contributed by atoms with Crippen molar-refractivity contribution in [1.29, 1.82) is 0 Å². The summed E-state index contributed by atoms with van der Waals surface area (Å²) in [4.78, 5) is 38.8. The first-order valence-corrected chi connectivity index (χ1v) is 10.2. The van der Waals surface area contributed by atoms with Crippen molar-refractivity contribution in [2.75, 3.05) is 5.32 Å². The number of nitrogens with one attached hydrogen (secondary N) is 1. The average molecular weight is 449 g/mol. The van der Waals surface area contributed by atoms with Gasteiger partial charge in [0.2, 0.25) is 0 Å². The summed E-state index contributed by atoms with van der Waals surface area (Å²) in [5.41, 5.74) is 0.278. The summed E-state index contributed by atoms with van der Waals surface area (Å²) in [7, 11) is 0. The summed E-state index contributed by atoms with van der Waals surface area (Å²) in [6.07, 6.45) is 0.730. The molecule has 0 bridgehead atoms. The van der Waals surface area contributed by atoms with Crippen LogP contribution in [0, 0.1) is 10.1 Å². The molecule has 10 heteroatoms. The lowest BCUT2D eigenvalue weighted by Gasteiger charge is -2.12. The second kappa shape index (κ2) is 9.23. The van der Waals surface area contributed by atoms with Gasteiger partial charge in [-0.3, -0.25) is 15.4 Å². The van der Waals surface area contributed by atoms with E-state index >= 15 is 0 Å². The van der Waals surface area contributed by atoms with E-state index in [0.29, 0.717) is 23.4 Å². The Morgan fingerprint density at radius 2 is 1.78 bits per heavy atom. The average Bonchev–Trinajstić information content (AvgIpc) is 3.31. The maximum Gasteiger partial charge on any atom is 0.419 e. The minimum absolute atomic E-state index is 0.0153. The quantitative estimate of drug-likeness (QED) is 0.186. The van der Waals surface area contributed by atoms with Gasteiger partial charge in [0.05, 0.1) is 16.2 Å². The third kappa shape index (κ3) is 4.71. The van der Waals surface area contributed by atoms with Crippen LogP contribution in [0.3, 0.4) is 0 Å². The smallest absolute Gasteiger partial charge is 0.419 e. The maximum atomic E-state index is 12.3. The number of hydrogen-bond donors (Lipinski definition) is 1. The Balaban J connectivity index is 1.47. The van der Waals surface area contributed by atoms with Crippen molar-refractivity contribution in [3.63, 3.8) is 0 Å². The highest BCUT2D eigenvalue weighted by Gasteiger charge is 2.16. The highest BCUT2D eigenvalue weighted by molar-refractivity contribution is 7.09. The molecule has 4 rings (SSSR count). The normalized spacial score (nSPS) is 10.5. The van der Waals surface area contributed by atoms with E-state index in [1.54, 1.807) is 30.5 Å². The van der Waals surface area contributed by atoms with Crippen molar-refractivity contribution in [2.24, 2.45) is 0 Å². The van der Waals surface area contributed by atoms with Crippen molar-refractivity contribution < 1.29 is 24.0 Å². The zero-order chi connectivity index (χ0) is 22.5. The molecule has 32 heavy (non-hydrogen) atoms. The van der Waals surface area contributed by atoms with Gasteiger partial charge in [-0.25, -0.2) is 14.6 Å². The van der Waals surface area contributed by atoms with Gasteiger partial charge >= 0.3 is 12.1 Å². The van der Waals surface area contributed by atoms with E-state index in [1.807, 2.05) is 17.5 Å². The lowest BCUT2D eigenvalue weighted by atomic mass is 10.1. The van der Waals surface area contributed by atoms with Gasteiger partial charge in [0.15, 0.2) is 0 Å². The predicted octanol–water partition coefficient (Wildman–Crippen LogP) is 5.17. The lowest BCUT2D eigenvalue weighted by Crippen LogP contribution is -2.18. The molecule has 0 fully saturated rings. The molecule has 0 saturated carbocycles. The third-order valence-electron chi connectivity index (χ3n) is 4.45. The molecule has 0 saturated heterocycles. The van der Waals surface area contributed by atoms with Crippen LogP contribution in [0.1, 0.15) is 15.4 Å². The van der Waals surface area contributed by atoms with Gasteiger partial charge < -0.3 is 9.47 Å². The summed E-state index contributed by atoms with van der Waals surface area (Å²) in [6.45, 7) is 0.320. The molecule has 1 heterocycles. The fourth-order valence-corrected chi connectivity index (χ4v) is 3.51. The Morgan fingerprint density at radius 1 is 1.03 bits per heavy atom. The van der Waals surface area contributed by atoms with Crippen LogP contribution in [0.15, 0.2) is 72.2 Å². The van der Waals surface area contributed by atoms with Gasteiger partial charge in [-0.05, 0) is 24.3 Å². The van der Waals surface area contributed by atoms with Crippen LogP contribution in [-0.2, 0) is 11.3 Å². The number of amides is 1. The Hall–Kier alpha value is -4.31. The second-order valence-corrected chi connectivity index (χ2v) is 7.46. The first-order valence-electron chi connectivity index (χ1n) is 9.32. The first-order chi connectivity index (χ1) is 15.5. The molecule has 4 aromatic rings. The van der Waals surface area contributed by atoms with Crippen LogP contribution < -0.4 is 10.1 Å². The highest BCUT2D eigenvalue weighted by Crippen LogP contribution is 2.31. The Labute approximate surface area is 185 Å². The number of carbonyl (C=O) groups is 2. The molecule has 0 aliphatic rings. The van der Waals surface area contributed by atoms with Crippen LogP contribution in [0.25, 0.3) is 10.8 Å².